The first-order valence-corrected chi connectivity index (χ1v) is 14.2. The van der Waals surface area contributed by atoms with Crippen LogP contribution in [0.25, 0.3) is 5.57 Å². The molecule has 1 aliphatic heterocycles. The molecule has 0 spiro atoms. The van der Waals surface area contributed by atoms with E-state index in [0.717, 1.165) is 65.8 Å². The van der Waals surface area contributed by atoms with E-state index >= 15 is 0 Å². The molecule has 43 heavy (non-hydrogen) atoms. The number of halogens is 4. The minimum atomic E-state index is -1.32. The summed E-state index contributed by atoms with van der Waals surface area (Å²) in [4.78, 5) is 24.1. The van der Waals surface area contributed by atoms with Gasteiger partial charge in [0.25, 0.3) is 12.4 Å². The Bertz CT molecular complexity index is 1470. The van der Waals surface area contributed by atoms with Crippen molar-refractivity contribution < 1.29 is 37.0 Å². The fourth-order valence-electron chi connectivity index (χ4n) is 5.10. The molecule has 0 aromatic heterocycles. The van der Waals surface area contributed by atoms with Gasteiger partial charge >= 0.3 is 0 Å². The van der Waals surface area contributed by atoms with Gasteiger partial charge in [0.05, 0.1) is 6.61 Å². The second-order valence-corrected chi connectivity index (χ2v) is 10.5. The minimum Gasteiger partial charge on any atom is -0.488 e. The number of nitrogens with one attached hydrogen (secondary N) is 1. The SMILES string of the molecule is Cc1c(F)cccc1CN(C(=O)C1=C(c2ccc(CCCOc3c(F)ccc(F)c3F)cc2)CCNC1)C1CC1.O=CO. The van der Waals surface area contributed by atoms with Gasteiger partial charge in [0.15, 0.2) is 17.4 Å². The molecule has 3 aromatic rings. The van der Waals surface area contributed by atoms with E-state index in [2.05, 4.69) is 5.32 Å². The number of carbonyl (C=O) groups is 2. The molecular formula is C33H34F4N2O4. The number of hydrogen-bond acceptors (Lipinski definition) is 4. The molecule has 1 fully saturated rings. The molecule has 6 nitrogen and oxygen atoms in total. The third-order valence-electron chi connectivity index (χ3n) is 7.61. The molecule has 2 N–H and O–H groups in total. The van der Waals surface area contributed by atoms with Crippen LogP contribution in [0, 0.1) is 30.2 Å². The van der Waals surface area contributed by atoms with Crippen molar-refractivity contribution in [3.63, 3.8) is 0 Å². The highest BCUT2D eigenvalue weighted by molar-refractivity contribution is 6.02. The number of amides is 1. The predicted molar refractivity (Wildman–Crippen MR) is 154 cm³/mol. The summed E-state index contributed by atoms with van der Waals surface area (Å²) >= 11 is 0. The van der Waals surface area contributed by atoms with Gasteiger partial charge in [0.2, 0.25) is 5.82 Å². The van der Waals surface area contributed by atoms with Crippen LogP contribution >= 0.6 is 0 Å². The molecule has 1 amide bonds. The number of ether oxygens (including phenoxy) is 1. The zero-order valence-electron chi connectivity index (χ0n) is 23.8. The quantitative estimate of drug-likeness (QED) is 0.126. The van der Waals surface area contributed by atoms with Crippen molar-refractivity contribution in [2.75, 3.05) is 19.7 Å². The Morgan fingerprint density at radius 1 is 1.02 bits per heavy atom. The first-order valence-electron chi connectivity index (χ1n) is 14.2. The Morgan fingerprint density at radius 2 is 1.72 bits per heavy atom. The van der Waals surface area contributed by atoms with Crippen molar-refractivity contribution in [3.8, 4) is 5.75 Å². The lowest BCUT2D eigenvalue weighted by molar-refractivity contribution is -0.128. The monoisotopic (exact) mass is 598 g/mol. The van der Waals surface area contributed by atoms with Crippen molar-refractivity contribution >= 4 is 18.0 Å². The summed E-state index contributed by atoms with van der Waals surface area (Å²) in [5.41, 5.74) is 5.14. The maximum Gasteiger partial charge on any atom is 0.290 e. The van der Waals surface area contributed by atoms with Crippen LogP contribution in [0.1, 0.15) is 47.9 Å². The fourth-order valence-corrected chi connectivity index (χ4v) is 5.10. The number of hydrogen-bond donors (Lipinski definition) is 2. The van der Waals surface area contributed by atoms with Crippen molar-refractivity contribution in [3.05, 3.63) is 106 Å². The van der Waals surface area contributed by atoms with E-state index in [0.29, 0.717) is 31.5 Å². The molecule has 0 unspecified atom stereocenters. The van der Waals surface area contributed by atoms with Crippen LogP contribution < -0.4 is 10.1 Å². The summed E-state index contributed by atoms with van der Waals surface area (Å²) in [7, 11) is 0. The summed E-state index contributed by atoms with van der Waals surface area (Å²) in [5, 5.41) is 10.2. The lowest BCUT2D eigenvalue weighted by atomic mass is 9.92. The van der Waals surface area contributed by atoms with Crippen molar-refractivity contribution in [2.45, 2.75) is 51.6 Å². The second-order valence-electron chi connectivity index (χ2n) is 10.5. The number of aryl methyl sites for hydroxylation is 1. The molecule has 10 heteroatoms. The first-order chi connectivity index (χ1) is 20.7. The summed E-state index contributed by atoms with van der Waals surface area (Å²) < 4.78 is 60.2. The van der Waals surface area contributed by atoms with Gasteiger partial charge in [-0.1, -0.05) is 36.4 Å². The number of rotatable bonds is 10. The smallest absolute Gasteiger partial charge is 0.290 e. The predicted octanol–water partition coefficient (Wildman–Crippen LogP) is 6.20. The molecular weight excluding hydrogens is 564 g/mol. The summed E-state index contributed by atoms with van der Waals surface area (Å²) in [5.74, 6) is -4.38. The zero-order chi connectivity index (χ0) is 30.9. The Labute approximate surface area is 248 Å². The molecule has 0 saturated heterocycles. The van der Waals surface area contributed by atoms with Crippen LogP contribution in [-0.2, 0) is 22.6 Å². The minimum absolute atomic E-state index is 0.00796. The van der Waals surface area contributed by atoms with Crippen LogP contribution in [0.15, 0.2) is 60.2 Å². The number of carboxylic acid groups (broad SMARTS) is 1. The zero-order valence-corrected chi connectivity index (χ0v) is 23.8. The highest BCUT2D eigenvalue weighted by Crippen LogP contribution is 2.33. The Hall–Kier alpha value is -4.18. The fraction of sp³-hybridized carbons (Fsp3) is 0.333. The molecule has 3 aromatic carbocycles. The van der Waals surface area contributed by atoms with E-state index in [1.165, 1.54) is 6.07 Å². The Balaban J connectivity index is 0.00000135. The van der Waals surface area contributed by atoms with E-state index in [-0.39, 0.29) is 30.8 Å². The van der Waals surface area contributed by atoms with E-state index < -0.39 is 23.2 Å². The number of carbonyl (C=O) groups excluding carboxylic acids is 1. The maximum absolute atomic E-state index is 14.2. The van der Waals surface area contributed by atoms with Crippen LogP contribution in [0.4, 0.5) is 17.6 Å². The molecule has 1 aliphatic carbocycles. The maximum atomic E-state index is 14.2. The second kappa shape index (κ2) is 14.8. The Morgan fingerprint density at radius 3 is 2.42 bits per heavy atom. The van der Waals surface area contributed by atoms with Crippen LogP contribution in [0.5, 0.6) is 5.75 Å². The molecule has 1 saturated carbocycles. The standard InChI is InChI=1S/C32H32F4N2O2.CH2O2/c1-20-23(5-2-6-27(20)33)19-38(24-11-12-24)32(39)26-18-37-16-15-25(26)22-9-7-21(8-10-22)4-3-17-40-31-29(35)14-13-28(34)30(31)36;2-1-3/h2,5-10,13-14,24,37H,3-4,11-12,15-19H2,1H3;1H,(H,2,3). The van der Waals surface area contributed by atoms with Gasteiger partial charge in [-0.25, -0.2) is 13.2 Å². The van der Waals surface area contributed by atoms with Crippen LogP contribution in [0.3, 0.4) is 0 Å². The van der Waals surface area contributed by atoms with Gasteiger partial charge in [-0.15, -0.1) is 0 Å². The largest absolute Gasteiger partial charge is 0.488 e. The molecule has 2 aliphatic rings. The third kappa shape index (κ3) is 8.01. The highest BCUT2D eigenvalue weighted by Gasteiger charge is 2.35. The first kappa shape index (κ1) is 31.7. The van der Waals surface area contributed by atoms with Crippen LogP contribution in [-0.4, -0.2) is 48.1 Å². The molecule has 0 radical (unpaired) electrons. The third-order valence-corrected chi connectivity index (χ3v) is 7.61. The highest BCUT2D eigenvalue weighted by atomic mass is 19.2. The average molecular weight is 599 g/mol. The number of nitrogens with zero attached hydrogens (tertiary/aromatic N) is 1. The van der Waals surface area contributed by atoms with Gasteiger partial charge in [-0.05, 0) is 91.6 Å². The molecule has 1 heterocycles. The van der Waals surface area contributed by atoms with E-state index in [9.17, 15) is 22.4 Å². The molecule has 228 valence electrons. The lowest BCUT2D eigenvalue weighted by Gasteiger charge is -2.29. The summed E-state index contributed by atoms with van der Waals surface area (Å²) in [6.45, 7) is 3.17. The average Bonchev–Trinajstić information content (AvgIpc) is 3.85. The Kier molecular flexibility index (Phi) is 10.9. The number of benzene rings is 3. The van der Waals surface area contributed by atoms with Crippen molar-refractivity contribution in [1.29, 1.82) is 0 Å². The van der Waals surface area contributed by atoms with Crippen molar-refractivity contribution in [1.82, 2.24) is 10.2 Å². The van der Waals surface area contributed by atoms with E-state index in [4.69, 9.17) is 14.6 Å². The van der Waals surface area contributed by atoms with Crippen molar-refractivity contribution in [2.24, 2.45) is 0 Å². The summed E-state index contributed by atoms with van der Waals surface area (Å²) in [6, 6.07) is 14.7. The van der Waals surface area contributed by atoms with Gasteiger partial charge in [-0.2, -0.15) is 4.39 Å². The van der Waals surface area contributed by atoms with Gasteiger partial charge in [0.1, 0.15) is 5.82 Å². The summed E-state index contributed by atoms with van der Waals surface area (Å²) in [6.07, 6.45) is 3.71. The van der Waals surface area contributed by atoms with E-state index in [1.54, 1.807) is 13.0 Å². The normalized spacial score (nSPS) is 14.5. The van der Waals surface area contributed by atoms with E-state index in [1.807, 2.05) is 35.2 Å². The van der Waals surface area contributed by atoms with Crippen LogP contribution in [0.2, 0.25) is 0 Å². The molecule has 0 atom stereocenters. The van der Waals surface area contributed by atoms with Gasteiger partial charge in [0, 0.05) is 24.7 Å². The van der Waals surface area contributed by atoms with Gasteiger partial charge < -0.3 is 20.1 Å². The topological polar surface area (TPSA) is 78.9 Å². The molecule has 5 rings (SSSR count). The molecule has 0 bridgehead atoms. The lowest BCUT2D eigenvalue weighted by Crippen LogP contribution is -2.39. The van der Waals surface area contributed by atoms with Gasteiger partial charge in [-0.3, -0.25) is 9.59 Å².